The normalized spacial score (nSPS) is 24.9. The van der Waals surface area contributed by atoms with Gasteiger partial charge in [-0.25, -0.2) is 4.39 Å². The Morgan fingerprint density at radius 3 is 2.55 bits per heavy atom. The number of carboxylic acid groups (broad SMARTS) is 1. The lowest BCUT2D eigenvalue weighted by Gasteiger charge is -2.21. The molecule has 2 unspecified atom stereocenters. The SMILES string of the molecule is Cc1cc(OC2CCC(C)(O)C2)cc(C)c1-c1ccc(F)c2c1CC[C@H]2Oc1ccc2c(c1)OC[C@H]2CC(=O)O. The number of halogens is 1. The molecule has 1 fully saturated rings. The van der Waals surface area contributed by atoms with Gasteiger partial charge in [0, 0.05) is 29.5 Å². The molecular weight excluding hydrogens is 511 g/mol. The predicted molar refractivity (Wildman–Crippen MR) is 149 cm³/mol. The predicted octanol–water partition coefficient (Wildman–Crippen LogP) is 6.81. The molecule has 0 spiro atoms. The monoisotopic (exact) mass is 546 g/mol. The molecule has 0 saturated heterocycles. The van der Waals surface area contributed by atoms with Gasteiger partial charge in [-0.3, -0.25) is 4.79 Å². The fourth-order valence-corrected chi connectivity index (χ4v) is 6.78. The molecule has 4 atom stereocenters. The first-order valence-electron chi connectivity index (χ1n) is 14.0. The third-order valence-corrected chi connectivity index (χ3v) is 8.60. The Labute approximate surface area is 233 Å². The zero-order valence-corrected chi connectivity index (χ0v) is 23.1. The van der Waals surface area contributed by atoms with Crippen molar-refractivity contribution in [1.82, 2.24) is 0 Å². The summed E-state index contributed by atoms with van der Waals surface area (Å²) in [5, 5.41) is 19.5. The van der Waals surface area contributed by atoms with Gasteiger partial charge in [-0.05, 0) is 98.5 Å². The third kappa shape index (κ3) is 5.03. The van der Waals surface area contributed by atoms with Crippen LogP contribution in [0.2, 0.25) is 0 Å². The molecule has 0 aromatic heterocycles. The van der Waals surface area contributed by atoms with Gasteiger partial charge in [0.25, 0.3) is 0 Å². The average Bonchev–Trinajstić information content (AvgIpc) is 3.57. The van der Waals surface area contributed by atoms with Crippen LogP contribution in [0.5, 0.6) is 17.2 Å². The largest absolute Gasteiger partial charge is 0.492 e. The summed E-state index contributed by atoms with van der Waals surface area (Å²) >= 11 is 0. The number of aliphatic hydroxyl groups is 1. The highest BCUT2D eigenvalue weighted by molar-refractivity contribution is 5.76. The van der Waals surface area contributed by atoms with Crippen molar-refractivity contribution in [2.75, 3.05) is 6.61 Å². The van der Waals surface area contributed by atoms with Crippen LogP contribution in [-0.2, 0) is 11.2 Å². The highest BCUT2D eigenvalue weighted by atomic mass is 19.1. The van der Waals surface area contributed by atoms with Gasteiger partial charge in [0.15, 0.2) is 0 Å². The van der Waals surface area contributed by atoms with E-state index in [4.69, 9.17) is 19.3 Å². The molecule has 6 nitrogen and oxygen atoms in total. The molecule has 1 heterocycles. The zero-order chi connectivity index (χ0) is 28.2. The Hall–Kier alpha value is -3.58. The van der Waals surface area contributed by atoms with Crippen LogP contribution >= 0.6 is 0 Å². The molecule has 40 heavy (non-hydrogen) atoms. The van der Waals surface area contributed by atoms with E-state index in [0.717, 1.165) is 52.0 Å². The summed E-state index contributed by atoms with van der Waals surface area (Å²) in [6, 6.07) is 12.9. The summed E-state index contributed by atoms with van der Waals surface area (Å²) in [7, 11) is 0. The molecule has 1 aliphatic heterocycles. The molecule has 3 aromatic rings. The molecule has 3 aliphatic rings. The number of hydrogen-bond acceptors (Lipinski definition) is 5. The van der Waals surface area contributed by atoms with Gasteiger partial charge in [-0.15, -0.1) is 0 Å². The average molecular weight is 547 g/mol. The van der Waals surface area contributed by atoms with E-state index in [1.165, 1.54) is 6.07 Å². The molecule has 3 aromatic carbocycles. The number of aryl methyl sites for hydroxylation is 2. The van der Waals surface area contributed by atoms with Gasteiger partial charge in [-0.2, -0.15) is 0 Å². The van der Waals surface area contributed by atoms with Crippen molar-refractivity contribution in [3.05, 3.63) is 76.1 Å². The first-order chi connectivity index (χ1) is 19.1. The van der Waals surface area contributed by atoms with Crippen LogP contribution in [0.4, 0.5) is 4.39 Å². The molecule has 2 N–H and O–H groups in total. The highest BCUT2D eigenvalue weighted by Gasteiger charge is 2.35. The van der Waals surface area contributed by atoms with Crippen molar-refractivity contribution >= 4 is 5.97 Å². The Morgan fingerprint density at radius 1 is 1.07 bits per heavy atom. The molecule has 210 valence electrons. The molecule has 0 amide bonds. The number of hydrogen-bond donors (Lipinski definition) is 2. The summed E-state index contributed by atoms with van der Waals surface area (Å²) in [4.78, 5) is 11.2. The highest BCUT2D eigenvalue weighted by Crippen LogP contribution is 2.45. The fourth-order valence-electron chi connectivity index (χ4n) is 6.78. The Balaban J connectivity index is 1.25. The number of carbonyl (C=O) groups is 1. The maximum atomic E-state index is 15.3. The standard InChI is InChI=1S/C33H35FO6/c1-18-12-23(39-22-10-11-33(3,37)16-22)13-19(2)31(18)25-6-8-27(34)32-26(25)7-9-28(32)40-21-4-5-24-20(14-30(35)36)17-38-29(24)15-21/h4-6,8,12-13,15,20,22,28,37H,7,9-11,14,16-17H2,1-3H3,(H,35,36)/t20-,22?,28-,33?/m1/s1. The van der Waals surface area contributed by atoms with E-state index in [9.17, 15) is 9.90 Å². The topological polar surface area (TPSA) is 85.2 Å². The summed E-state index contributed by atoms with van der Waals surface area (Å²) in [6.07, 6.45) is 3.14. The van der Waals surface area contributed by atoms with Crippen molar-refractivity contribution in [2.45, 2.75) is 83.0 Å². The second-order valence-corrected chi connectivity index (χ2v) is 11.8. The molecule has 7 heteroatoms. The number of fused-ring (bicyclic) bond motifs is 2. The third-order valence-electron chi connectivity index (χ3n) is 8.60. The summed E-state index contributed by atoms with van der Waals surface area (Å²) in [5.41, 5.74) is 5.98. The van der Waals surface area contributed by atoms with Crippen LogP contribution < -0.4 is 14.2 Å². The maximum absolute atomic E-state index is 15.3. The number of rotatable bonds is 7. The lowest BCUT2D eigenvalue weighted by atomic mass is 9.90. The van der Waals surface area contributed by atoms with Gasteiger partial charge in [0.2, 0.25) is 0 Å². The van der Waals surface area contributed by atoms with E-state index < -0.39 is 17.7 Å². The lowest BCUT2D eigenvalue weighted by molar-refractivity contribution is -0.137. The summed E-state index contributed by atoms with van der Waals surface area (Å²) in [5.74, 6) is 0.703. The van der Waals surface area contributed by atoms with E-state index >= 15 is 4.39 Å². The Morgan fingerprint density at radius 2 is 1.85 bits per heavy atom. The molecular formula is C33H35FO6. The van der Waals surface area contributed by atoms with Crippen LogP contribution in [0, 0.1) is 19.7 Å². The van der Waals surface area contributed by atoms with E-state index in [1.54, 1.807) is 6.07 Å². The number of carboxylic acids is 1. The van der Waals surface area contributed by atoms with Crippen molar-refractivity contribution < 1.29 is 33.6 Å². The zero-order valence-electron chi connectivity index (χ0n) is 23.1. The van der Waals surface area contributed by atoms with E-state index in [0.29, 0.717) is 42.9 Å². The lowest BCUT2D eigenvalue weighted by Crippen LogP contribution is -2.22. The second kappa shape index (κ2) is 10.1. The number of benzene rings is 3. The van der Waals surface area contributed by atoms with Crippen LogP contribution in [0.1, 0.15) is 78.9 Å². The molecule has 2 aliphatic carbocycles. The minimum atomic E-state index is -0.855. The van der Waals surface area contributed by atoms with Crippen LogP contribution in [-0.4, -0.2) is 34.5 Å². The molecule has 0 bridgehead atoms. The van der Waals surface area contributed by atoms with Gasteiger partial charge in [0.05, 0.1) is 18.6 Å². The molecule has 6 rings (SSSR count). The Kier molecular flexibility index (Phi) is 6.73. The van der Waals surface area contributed by atoms with E-state index in [2.05, 4.69) is 13.8 Å². The number of aliphatic carboxylic acids is 1. The maximum Gasteiger partial charge on any atom is 0.304 e. The van der Waals surface area contributed by atoms with Crippen LogP contribution in [0.15, 0.2) is 42.5 Å². The van der Waals surface area contributed by atoms with Crippen molar-refractivity contribution in [2.24, 2.45) is 0 Å². The summed E-state index contributed by atoms with van der Waals surface area (Å²) < 4.78 is 33.6. The molecule has 1 saturated carbocycles. The van der Waals surface area contributed by atoms with Gasteiger partial charge < -0.3 is 24.4 Å². The van der Waals surface area contributed by atoms with Gasteiger partial charge in [-0.1, -0.05) is 12.1 Å². The van der Waals surface area contributed by atoms with Crippen molar-refractivity contribution in [3.63, 3.8) is 0 Å². The van der Waals surface area contributed by atoms with Crippen molar-refractivity contribution in [1.29, 1.82) is 0 Å². The number of ether oxygens (including phenoxy) is 3. The molecule has 0 radical (unpaired) electrons. The van der Waals surface area contributed by atoms with Gasteiger partial charge >= 0.3 is 5.97 Å². The second-order valence-electron chi connectivity index (χ2n) is 11.8. The van der Waals surface area contributed by atoms with Gasteiger partial charge in [0.1, 0.15) is 35.3 Å². The van der Waals surface area contributed by atoms with Crippen LogP contribution in [0.25, 0.3) is 11.1 Å². The van der Waals surface area contributed by atoms with E-state index in [1.807, 2.05) is 37.3 Å². The van der Waals surface area contributed by atoms with Crippen LogP contribution in [0.3, 0.4) is 0 Å². The van der Waals surface area contributed by atoms with E-state index in [-0.39, 0.29) is 24.3 Å². The minimum absolute atomic E-state index is 0.000275. The summed E-state index contributed by atoms with van der Waals surface area (Å²) in [6.45, 7) is 6.30. The Bertz CT molecular complexity index is 1450. The quantitative estimate of drug-likeness (QED) is 0.339. The van der Waals surface area contributed by atoms with Crippen molar-refractivity contribution in [3.8, 4) is 28.4 Å². The smallest absolute Gasteiger partial charge is 0.304 e. The minimum Gasteiger partial charge on any atom is -0.492 e. The first-order valence-corrected chi connectivity index (χ1v) is 14.0. The fraction of sp³-hybridized carbons (Fsp3) is 0.424. The first kappa shape index (κ1) is 26.6.